The van der Waals surface area contributed by atoms with E-state index in [4.69, 9.17) is 5.11 Å². The smallest absolute Gasteiger partial charge is 0.407 e. The second kappa shape index (κ2) is 4.13. The topological polar surface area (TPSA) is 40.5 Å². The first-order valence-corrected chi connectivity index (χ1v) is 5.06. The van der Waals surface area contributed by atoms with Gasteiger partial charge in [0.25, 0.3) is 0 Å². The molecule has 4 heteroatoms. The second-order valence-corrected chi connectivity index (χ2v) is 4.56. The van der Waals surface area contributed by atoms with E-state index >= 15 is 0 Å². The fourth-order valence-corrected chi connectivity index (χ4v) is 1.97. The number of carboxylic acid groups (broad SMARTS) is 1. The Bertz CT molecular complexity index is 151. The van der Waals surface area contributed by atoms with Crippen LogP contribution in [-0.2, 0) is 0 Å². The molecule has 1 N–H and O–H groups in total. The van der Waals surface area contributed by atoms with Gasteiger partial charge in [-0.05, 0) is 19.3 Å². The lowest BCUT2D eigenvalue weighted by Gasteiger charge is -2.15. The number of alkyl halides is 1. The maximum Gasteiger partial charge on any atom is 0.407 e. The fraction of sp³-hybridized carbons (Fsp3) is 0.857. The Labute approximate surface area is 79.9 Å². The molecule has 11 heavy (non-hydrogen) atoms. The summed E-state index contributed by atoms with van der Waals surface area (Å²) in [4.78, 5) is 12.0. The van der Waals surface area contributed by atoms with Crippen molar-refractivity contribution in [3.05, 3.63) is 0 Å². The molecule has 3 nitrogen and oxygen atoms in total. The molecule has 1 heterocycles. The van der Waals surface area contributed by atoms with E-state index in [9.17, 15) is 4.79 Å². The van der Waals surface area contributed by atoms with Gasteiger partial charge in [-0.3, -0.25) is 0 Å². The van der Waals surface area contributed by atoms with E-state index in [0.29, 0.717) is 10.5 Å². The zero-order valence-corrected chi connectivity index (χ0v) is 8.45. The van der Waals surface area contributed by atoms with Gasteiger partial charge in [-0.25, -0.2) is 4.79 Å². The van der Waals surface area contributed by atoms with E-state index in [1.807, 2.05) is 0 Å². The van der Waals surface area contributed by atoms with E-state index in [1.54, 1.807) is 0 Å². The van der Waals surface area contributed by atoms with Crippen molar-refractivity contribution in [1.29, 1.82) is 0 Å². The summed E-state index contributed by atoms with van der Waals surface area (Å²) in [6.45, 7) is 1.43. The molecule has 1 atom stereocenters. The minimum absolute atomic E-state index is 0.664. The normalized spacial score (nSPS) is 26.3. The van der Waals surface area contributed by atoms with Crippen LogP contribution in [0.15, 0.2) is 0 Å². The van der Waals surface area contributed by atoms with Gasteiger partial charge >= 0.3 is 6.09 Å². The minimum atomic E-state index is -0.768. The van der Waals surface area contributed by atoms with Crippen molar-refractivity contribution in [3.63, 3.8) is 0 Å². The third kappa shape index (κ3) is 2.84. The number of amides is 1. The highest BCUT2D eigenvalue weighted by atomic mass is 127. The lowest BCUT2D eigenvalue weighted by Crippen LogP contribution is -2.30. The summed E-state index contributed by atoms with van der Waals surface area (Å²) < 4.78 is 0.664. The summed E-state index contributed by atoms with van der Waals surface area (Å²) in [5.41, 5.74) is 0. The Morgan fingerprint density at radius 3 is 2.82 bits per heavy atom. The number of rotatable bonds is 0. The number of nitrogens with zero attached hydrogens (tertiary/aromatic N) is 1. The maximum absolute atomic E-state index is 10.5. The highest BCUT2D eigenvalue weighted by molar-refractivity contribution is 14.1. The Morgan fingerprint density at radius 1 is 1.45 bits per heavy atom. The van der Waals surface area contributed by atoms with Crippen LogP contribution >= 0.6 is 22.6 Å². The van der Waals surface area contributed by atoms with Gasteiger partial charge in [-0.1, -0.05) is 22.6 Å². The molecule has 0 aromatic carbocycles. The summed E-state index contributed by atoms with van der Waals surface area (Å²) in [5, 5.41) is 8.67. The van der Waals surface area contributed by atoms with Gasteiger partial charge < -0.3 is 10.0 Å². The van der Waals surface area contributed by atoms with E-state index in [-0.39, 0.29) is 0 Å². The molecule has 1 rings (SSSR count). The lowest BCUT2D eigenvalue weighted by molar-refractivity contribution is 0.147. The summed E-state index contributed by atoms with van der Waals surface area (Å²) in [5.74, 6) is 0. The highest BCUT2D eigenvalue weighted by Gasteiger charge is 2.17. The largest absolute Gasteiger partial charge is 0.465 e. The van der Waals surface area contributed by atoms with E-state index in [1.165, 1.54) is 4.90 Å². The lowest BCUT2D eigenvalue weighted by atomic mass is 10.2. The molecule has 0 bridgehead atoms. The predicted octanol–water partition coefficient (Wildman–Crippen LogP) is 1.95. The van der Waals surface area contributed by atoms with Crippen molar-refractivity contribution < 1.29 is 9.90 Å². The van der Waals surface area contributed by atoms with Crippen molar-refractivity contribution in [2.75, 3.05) is 13.1 Å². The SMILES string of the molecule is O=C(O)N1CCC[C@H](I)CC1. The molecule has 0 aromatic rings. The fourth-order valence-electron chi connectivity index (χ4n) is 1.25. The van der Waals surface area contributed by atoms with Gasteiger partial charge in [0, 0.05) is 17.0 Å². The third-order valence-electron chi connectivity index (χ3n) is 1.93. The number of hydrogen-bond acceptors (Lipinski definition) is 1. The quantitative estimate of drug-likeness (QED) is 0.539. The molecule has 0 unspecified atom stereocenters. The summed E-state index contributed by atoms with van der Waals surface area (Å²) in [6, 6.07) is 0. The average molecular weight is 269 g/mol. The number of halogens is 1. The summed E-state index contributed by atoms with van der Waals surface area (Å²) >= 11 is 2.40. The molecular weight excluding hydrogens is 257 g/mol. The van der Waals surface area contributed by atoms with Gasteiger partial charge in [0.15, 0.2) is 0 Å². The first kappa shape index (κ1) is 9.09. The Kier molecular flexibility index (Phi) is 3.42. The third-order valence-corrected chi connectivity index (χ3v) is 3.17. The molecule has 1 aliphatic heterocycles. The highest BCUT2D eigenvalue weighted by Crippen LogP contribution is 2.17. The van der Waals surface area contributed by atoms with Crippen LogP contribution in [0, 0.1) is 0 Å². The van der Waals surface area contributed by atoms with Crippen molar-refractivity contribution in [1.82, 2.24) is 4.90 Å². The summed E-state index contributed by atoms with van der Waals surface area (Å²) in [6.07, 6.45) is 2.41. The number of hydrogen-bond donors (Lipinski definition) is 1. The van der Waals surface area contributed by atoms with Gasteiger partial charge in [0.05, 0.1) is 0 Å². The van der Waals surface area contributed by atoms with E-state index in [0.717, 1.165) is 25.8 Å². The van der Waals surface area contributed by atoms with Crippen LogP contribution in [0.2, 0.25) is 0 Å². The Balaban J connectivity index is 2.40. The molecule has 0 spiro atoms. The molecule has 64 valence electrons. The molecule has 0 aliphatic carbocycles. The molecule has 0 saturated carbocycles. The van der Waals surface area contributed by atoms with Crippen LogP contribution in [0.3, 0.4) is 0 Å². The van der Waals surface area contributed by atoms with Crippen LogP contribution in [0.25, 0.3) is 0 Å². The Hall–Kier alpha value is 0. The summed E-state index contributed by atoms with van der Waals surface area (Å²) in [7, 11) is 0. The van der Waals surface area contributed by atoms with Crippen molar-refractivity contribution in [2.24, 2.45) is 0 Å². The molecule has 1 aliphatic rings. The van der Waals surface area contributed by atoms with Crippen LogP contribution in [-0.4, -0.2) is 33.1 Å². The van der Waals surface area contributed by atoms with Crippen LogP contribution in [0.4, 0.5) is 4.79 Å². The predicted molar refractivity (Wildman–Crippen MR) is 51.3 cm³/mol. The molecule has 0 radical (unpaired) electrons. The van der Waals surface area contributed by atoms with Gasteiger partial charge in [-0.15, -0.1) is 0 Å². The van der Waals surface area contributed by atoms with Gasteiger partial charge in [-0.2, -0.15) is 0 Å². The molecule has 0 aromatic heterocycles. The van der Waals surface area contributed by atoms with E-state index < -0.39 is 6.09 Å². The van der Waals surface area contributed by atoms with Crippen LogP contribution in [0.1, 0.15) is 19.3 Å². The molecule has 1 amide bonds. The first-order valence-electron chi connectivity index (χ1n) is 3.82. The monoisotopic (exact) mass is 269 g/mol. The molecule has 1 saturated heterocycles. The average Bonchev–Trinajstić information content (AvgIpc) is 2.13. The van der Waals surface area contributed by atoms with Crippen molar-refractivity contribution in [3.8, 4) is 0 Å². The van der Waals surface area contributed by atoms with Gasteiger partial charge in [0.2, 0.25) is 0 Å². The zero-order chi connectivity index (χ0) is 8.27. The number of likely N-dealkylation sites (tertiary alicyclic amines) is 1. The van der Waals surface area contributed by atoms with Crippen LogP contribution < -0.4 is 0 Å². The standard InChI is InChI=1S/C7H12INO2/c8-6-2-1-4-9(5-3-6)7(10)11/h6H,1-5H2,(H,10,11)/t6-/m0/s1. The van der Waals surface area contributed by atoms with Gasteiger partial charge in [0.1, 0.15) is 0 Å². The molecular formula is C7H12INO2. The number of carbonyl (C=O) groups is 1. The second-order valence-electron chi connectivity index (χ2n) is 2.80. The minimum Gasteiger partial charge on any atom is -0.465 e. The van der Waals surface area contributed by atoms with Crippen molar-refractivity contribution >= 4 is 28.7 Å². The molecule has 1 fully saturated rings. The van der Waals surface area contributed by atoms with E-state index in [2.05, 4.69) is 22.6 Å². The first-order chi connectivity index (χ1) is 5.20. The Morgan fingerprint density at radius 2 is 2.18 bits per heavy atom. The maximum atomic E-state index is 10.5. The van der Waals surface area contributed by atoms with Crippen LogP contribution in [0.5, 0.6) is 0 Å². The zero-order valence-electron chi connectivity index (χ0n) is 6.29. The van der Waals surface area contributed by atoms with Crippen molar-refractivity contribution in [2.45, 2.75) is 23.2 Å².